The SMILES string of the molecule is Cn1nc(C(=O)N2CCN(Cc3cc4ccccn4n3)CC2)ccc1=O. The lowest BCUT2D eigenvalue weighted by molar-refractivity contribution is 0.0618. The molecule has 1 aliphatic heterocycles. The fourth-order valence-corrected chi connectivity index (χ4v) is 3.18. The maximum Gasteiger partial charge on any atom is 0.274 e. The molecule has 4 rings (SSSR count). The van der Waals surface area contributed by atoms with Crippen molar-refractivity contribution in [2.75, 3.05) is 26.2 Å². The predicted molar refractivity (Wildman–Crippen MR) is 95.9 cm³/mol. The topological polar surface area (TPSA) is 75.7 Å². The van der Waals surface area contributed by atoms with E-state index < -0.39 is 0 Å². The smallest absolute Gasteiger partial charge is 0.274 e. The largest absolute Gasteiger partial charge is 0.335 e. The van der Waals surface area contributed by atoms with Gasteiger partial charge < -0.3 is 4.90 Å². The van der Waals surface area contributed by atoms with Crippen molar-refractivity contribution in [3.05, 3.63) is 64.3 Å². The first kappa shape index (κ1) is 16.5. The van der Waals surface area contributed by atoms with Crippen LogP contribution in [0.1, 0.15) is 16.2 Å². The number of rotatable bonds is 3. The van der Waals surface area contributed by atoms with Crippen LogP contribution in [0.25, 0.3) is 5.52 Å². The molecule has 0 saturated carbocycles. The van der Waals surface area contributed by atoms with Gasteiger partial charge in [0.1, 0.15) is 5.69 Å². The Hall–Kier alpha value is -3.00. The summed E-state index contributed by atoms with van der Waals surface area (Å²) in [5, 5.41) is 8.62. The van der Waals surface area contributed by atoms with Crippen LogP contribution in [0.15, 0.2) is 47.4 Å². The van der Waals surface area contributed by atoms with E-state index in [4.69, 9.17) is 0 Å². The van der Waals surface area contributed by atoms with Gasteiger partial charge in [-0.3, -0.25) is 14.5 Å². The van der Waals surface area contributed by atoms with E-state index in [9.17, 15) is 9.59 Å². The van der Waals surface area contributed by atoms with Crippen LogP contribution >= 0.6 is 0 Å². The molecule has 1 saturated heterocycles. The first-order valence-corrected chi connectivity index (χ1v) is 8.59. The number of piperazine rings is 1. The first-order valence-electron chi connectivity index (χ1n) is 8.59. The summed E-state index contributed by atoms with van der Waals surface area (Å²) in [7, 11) is 1.55. The molecule has 8 heteroatoms. The normalized spacial score (nSPS) is 15.5. The highest BCUT2D eigenvalue weighted by Crippen LogP contribution is 2.12. The Morgan fingerprint density at radius 1 is 1.08 bits per heavy atom. The number of hydrogen-bond donors (Lipinski definition) is 0. The first-order chi connectivity index (χ1) is 12.6. The molecule has 3 aromatic heterocycles. The van der Waals surface area contributed by atoms with Crippen molar-refractivity contribution in [2.45, 2.75) is 6.54 Å². The Kier molecular flexibility index (Phi) is 4.26. The van der Waals surface area contributed by atoms with Gasteiger partial charge in [0.15, 0.2) is 0 Å². The van der Waals surface area contributed by atoms with Crippen LogP contribution < -0.4 is 5.56 Å². The molecule has 1 fully saturated rings. The molecule has 3 aromatic rings. The van der Waals surface area contributed by atoms with E-state index in [0.717, 1.165) is 30.8 Å². The number of nitrogens with zero attached hydrogens (tertiary/aromatic N) is 6. The molecule has 134 valence electrons. The van der Waals surface area contributed by atoms with E-state index >= 15 is 0 Å². The molecule has 8 nitrogen and oxygen atoms in total. The number of carbonyl (C=O) groups excluding carboxylic acids is 1. The fourth-order valence-electron chi connectivity index (χ4n) is 3.18. The van der Waals surface area contributed by atoms with Gasteiger partial charge in [-0.1, -0.05) is 6.07 Å². The third-order valence-corrected chi connectivity index (χ3v) is 4.65. The molecule has 0 aliphatic carbocycles. The van der Waals surface area contributed by atoms with E-state index in [1.807, 2.05) is 28.9 Å². The van der Waals surface area contributed by atoms with E-state index in [1.165, 1.54) is 16.8 Å². The van der Waals surface area contributed by atoms with Crippen LogP contribution in [0.5, 0.6) is 0 Å². The standard InChI is InChI=1S/C18H20N6O2/c1-21-17(25)6-5-16(20-21)18(26)23-10-8-22(9-11-23)13-14-12-15-4-2-3-7-24(15)19-14/h2-7,12H,8-11,13H2,1H3. The van der Waals surface area contributed by atoms with Crippen LogP contribution in [0, 0.1) is 0 Å². The Morgan fingerprint density at radius 3 is 2.62 bits per heavy atom. The average Bonchev–Trinajstić information content (AvgIpc) is 3.06. The van der Waals surface area contributed by atoms with Gasteiger partial charge in [-0.25, -0.2) is 9.20 Å². The van der Waals surface area contributed by atoms with Gasteiger partial charge in [-0.15, -0.1) is 0 Å². The van der Waals surface area contributed by atoms with Crippen molar-refractivity contribution >= 4 is 11.4 Å². The van der Waals surface area contributed by atoms with Gasteiger partial charge in [-0.2, -0.15) is 10.2 Å². The molecule has 0 spiro atoms. The number of pyridine rings is 1. The molecule has 0 bridgehead atoms. The van der Waals surface area contributed by atoms with E-state index in [1.54, 1.807) is 11.9 Å². The Labute approximate surface area is 150 Å². The highest BCUT2D eigenvalue weighted by atomic mass is 16.2. The maximum atomic E-state index is 12.6. The van der Waals surface area contributed by atoms with E-state index in [0.29, 0.717) is 18.8 Å². The van der Waals surface area contributed by atoms with Crippen molar-refractivity contribution < 1.29 is 4.79 Å². The summed E-state index contributed by atoms with van der Waals surface area (Å²) in [6.45, 7) is 3.60. The number of aromatic nitrogens is 4. The Bertz CT molecular complexity index is 967. The Balaban J connectivity index is 1.38. The predicted octanol–water partition coefficient (Wildman–Crippen LogP) is 0.386. The minimum Gasteiger partial charge on any atom is -0.335 e. The monoisotopic (exact) mass is 352 g/mol. The maximum absolute atomic E-state index is 12.6. The van der Waals surface area contributed by atoms with Crippen molar-refractivity contribution in [1.82, 2.24) is 29.2 Å². The molecular formula is C18H20N6O2. The fraction of sp³-hybridized carbons (Fsp3) is 0.333. The summed E-state index contributed by atoms with van der Waals surface area (Å²) < 4.78 is 3.06. The summed E-state index contributed by atoms with van der Waals surface area (Å²) in [5.74, 6) is -0.131. The molecule has 0 N–H and O–H groups in total. The van der Waals surface area contributed by atoms with Gasteiger partial charge in [0.05, 0.1) is 11.2 Å². The molecule has 4 heterocycles. The van der Waals surface area contributed by atoms with E-state index in [2.05, 4.69) is 21.2 Å². The van der Waals surface area contributed by atoms with Crippen LogP contribution in [0.4, 0.5) is 0 Å². The van der Waals surface area contributed by atoms with Gasteiger partial charge in [0.2, 0.25) is 0 Å². The molecule has 26 heavy (non-hydrogen) atoms. The zero-order valence-electron chi connectivity index (χ0n) is 14.6. The van der Waals surface area contributed by atoms with Gasteiger partial charge >= 0.3 is 0 Å². The van der Waals surface area contributed by atoms with Gasteiger partial charge in [0, 0.05) is 52.0 Å². The second kappa shape index (κ2) is 6.72. The van der Waals surface area contributed by atoms with Crippen LogP contribution in [0.2, 0.25) is 0 Å². The number of carbonyl (C=O) groups is 1. The summed E-state index contributed by atoms with van der Waals surface area (Å²) in [6.07, 6.45) is 1.94. The number of amides is 1. The zero-order valence-corrected chi connectivity index (χ0v) is 14.6. The molecular weight excluding hydrogens is 332 g/mol. The second-order valence-corrected chi connectivity index (χ2v) is 6.45. The van der Waals surface area contributed by atoms with Crippen LogP contribution in [0.3, 0.4) is 0 Å². The summed E-state index contributed by atoms with van der Waals surface area (Å²) in [5.41, 5.74) is 2.19. The molecule has 0 aromatic carbocycles. The minimum absolute atomic E-state index is 0.131. The molecule has 0 radical (unpaired) electrons. The van der Waals surface area contributed by atoms with Crippen molar-refractivity contribution in [1.29, 1.82) is 0 Å². The Morgan fingerprint density at radius 2 is 1.88 bits per heavy atom. The summed E-state index contributed by atoms with van der Waals surface area (Å²) in [4.78, 5) is 28.0. The van der Waals surface area contributed by atoms with Crippen LogP contribution in [-0.4, -0.2) is 61.3 Å². The number of aryl methyl sites for hydroxylation is 1. The van der Waals surface area contributed by atoms with Crippen LogP contribution in [-0.2, 0) is 13.6 Å². The summed E-state index contributed by atoms with van der Waals surface area (Å²) in [6, 6.07) is 11.0. The van der Waals surface area contributed by atoms with Gasteiger partial charge in [-0.05, 0) is 24.3 Å². The number of fused-ring (bicyclic) bond motifs is 1. The second-order valence-electron chi connectivity index (χ2n) is 6.45. The van der Waals surface area contributed by atoms with Crippen molar-refractivity contribution in [3.8, 4) is 0 Å². The van der Waals surface area contributed by atoms with Crippen molar-refractivity contribution in [3.63, 3.8) is 0 Å². The zero-order chi connectivity index (χ0) is 18.1. The van der Waals surface area contributed by atoms with E-state index in [-0.39, 0.29) is 11.5 Å². The lowest BCUT2D eigenvalue weighted by atomic mass is 10.2. The minimum atomic E-state index is -0.223. The summed E-state index contributed by atoms with van der Waals surface area (Å²) >= 11 is 0. The van der Waals surface area contributed by atoms with Crippen molar-refractivity contribution in [2.24, 2.45) is 7.05 Å². The quantitative estimate of drug-likeness (QED) is 0.681. The molecule has 1 aliphatic rings. The molecule has 1 amide bonds. The highest BCUT2D eigenvalue weighted by molar-refractivity contribution is 5.92. The lowest BCUT2D eigenvalue weighted by Crippen LogP contribution is -2.48. The molecule has 0 unspecified atom stereocenters. The average molecular weight is 352 g/mol. The third kappa shape index (κ3) is 3.23. The van der Waals surface area contributed by atoms with Gasteiger partial charge in [0.25, 0.3) is 11.5 Å². The third-order valence-electron chi connectivity index (χ3n) is 4.65. The highest BCUT2D eigenvalue weighted by Gasteiger charge is 2.23. The lowest BCUT2D eigenvalue weighted by Gasteiger charge is -2.34. The molecule has 0 atom stereocenters. The number of hydrogen-bond acceptors (Lipinski definition) is 5.